The van der Waals surface area contributed by atoms with Gasteiger partial charge in [0.15, 0.2) is 5.60 Å². The zero-order valence-electron chi connectivity index (χ0n) is 11.2. The van der Waals surface area contributed by atoms with E-state index in [4.69, 9.17) is 14.5 Å². The quantitative estimate of drug-likeness (QED) is 0.692. The van der Waals surface area contributed by atoms with Gasteiger partial charge in [0, 0.05) is 0 Å². The summed E-state index contributed by atoms with van der Waals surface area (Å²) >= 11 is 0. The third kappa shape index (κ3) is 1.62. The molecule has 0 aromatic heterocycles. The molecule has 3 heteroatoms. The van der Waals surface area contributed by atoms with E-state index in [1.807, 2.05) is 0 Å². The molecular formula is C14H23NO2. The molecular weight excluding hydrogens is 214 g/mol. The van der Waals surface area contributed by atoms with Crippen LogP contribution in [0.1, 0.15) is 52.9 Å². The summed E-state index contributed by atoms with van der Waals surface area (Å²) in [6.45, 7) is 7.31. The minimum Gasteiger partial charge on any atom is -0.477 e. The molecule has 1 aliphatic carbocycles. The lowest BCUT2D eigenvalue weighted by atomic mass is 9.80. The first-order valence-electron chi connectivity index (χ1n) is 6.99. The highest BCUT2D eigenvalue weighted by Gasteiger charge is 2.71. The molecule has 1 saturated heterocycles. The Labute approximate surface area is 104 Å². The van der Waals surface area contributed by atoms with Gasteiger partial charge in [0.1, 0.15) is 12.2 Å². The Kier molecular flexibility index (Phi) is 2.51. The van der Waals surface area contributed by atoms with Crippen molar-refractivity contribution < 1.29 is 9.47 Å². The van der Waals surface area contributed by atoms with Gasteiger partial charge < -0.3 is 9.47 Å². The molecule has 0 unspecified atom stereocenters. The standard InChI is InChI=1S/C14H23NO2/c1-10(2)11-9-16-12(15-11)13(3)14(17-13)7-5-4-6-8-14/h10-11H,4-9H2,1-3H3/t11-,13+/m1/s1. The van der Waals surface area contributed by atoms with E-state index >= 15 is 0 Å². The highest BCUT2D eigenvalue weighted by molar-refractivity contribution is 5.90. The predicted octanol–water partition coefficient (Wildman–Crippen LogP) is 2.93. The van der Waals surface area contributed by atoms with Crippen molar-refractivity contribution >= 4 is 5.90 Å². The molecule has 0 amide bonds. The minimum atomic E-state index is -0.211. The number of hydrogen-bond acceptors (Lipinski definition) is 3. The SMILES string of the molecule is CC(C)[C@H]1COC([C@]2(C)OC23CCCCC3)=N1. The highest BCUT2D eigenvalue weighted by Crippen LogP contribution is 2.57. The Bertz CT molecular complexity index is 344. The summed E-state index contributed by atoms with van der Waals surface area (Å²) in [5.74, 6) is 1.43. The number of nitrogens with zero attached hydrogens (tertiary/aromatic N) is 1. The van der Waals surface area contributed by atoms with Gasteiger partial charge in [-0.3, -0.25) is 0 Å². The second-order valence-electron chi connectivity index (χ2n) is 6.25. The van der Waals surface area contributed by atoms with Crippen LogP contribution in [0.15, 0.2) is 4.99 Å². The van der Waals surface area contributed by atoms with Crippen molar-refractivity contribution in [3.8, 4) is 0 Å². The molecule has 1 spiro atoms. The Balaban J connectivity index is 1.76. The molecule has 0 radical (unpaired) electrons. The number of hydrogen-bond donors (Lipinski definition) is 0. The van der Waals surface area contributed by atoms with Crippen LogP contribution < -0.4 is 0 Å². The lowest BCUT2D eigenvalue weighted by Gasteiger charge is -2.21. The van der Waals surface area contributed by atoms with Crippen LogP contribution >= 0.6 is 0 Å². The van der Waals surface area contributed by atoms with Crippen molar-refractivity contribution in [1.29, 1.82) is 0 Å². The van der Waals surface area contributed by atoms with Gasteiger partial charge in [-0.1, -0.05) is 33.1 Å². The van der Waals surface area contributed by atoms with Crippen LogP contribution in [0, 0.1) is 5.92 Å². The van der Waals surface area contributed by atoms with Gasteiger partial charge in [0.25, 0.3) is 0 Å². The molecule has 0 N–H and O–H groups in total. The van der Waals surface area contributed by atoms with E-state index in [1.165, 1.54) is 32.1 Å². The second-order valence-corrected chi connectivity index (χ2v) is 6.25. The lowest BCUT2D eigenvalue weighted by Crippen LogP contribution is -2.33. The maximum atomic E-state index is 6.09. The van der Waals surface area contributed by atoms with E-state index in [0.717, 1.165) is 12.5 Å². The maximum absolute atomic E-state index is 6.09. The van der Waals surface area contributed by atoms with Crippen molar-refractivity contribution in [2.24, 2.45) is 10.9 Å². The smallest absolute Gasteiger partial charge is 0.219 e. The fourth-order valence-electron chi connectivity index (χ4n) is 3.30. The first kappa shape index (κ1) is 11.5. The van der Waals surface area contributed by atoms with Crippen LogP contribution in [-0.2, 0) is 9.47 Å². The maximum Gasteiger partial charge on any atom is 0.219 e. The molecule has 3 rings (SSSR count). The zero-order valence-corrected chi connectivity index (χ0v) is 11.2. The van der Waals surface area contributed by atoms with Gasteiger partial charge in [-0.2, -0.15) is 0 Å². The van der Waals surface area contributed by atoms with E-state index in [-0.39, 0.29) is 11.2 Å². The summed E-state index contributed by atoms with van der Waals surface area (Å²) in [7, 11) is 0. The molecule has 0 bridgehead atoms. The molecule has 0 aromatic carbocycles. The molecule has 2 atom stereocenters. The van der Waals surface area contributed by atoms with Crippen LogP contribution in [0.3, 0.4) is 0 Å². The van der Waals surface area contributed by atoms with Crippen LogP contribution in [0.25, 0.3) is 0 Å². The molecule has 2 fully saturated rings. The lowest BCUT2D eigenvalue weighted by molar-refractivity contribution is 0.225. The third-order valence-corrected chi connectivity index (χ3v) is 4.74. The Morgan fingerprint density at radius 3 is 2.53 bits per heavy atom. The molecule has 17 heavy (non-hydrogen) atoms. The average Bonchev–Trinajstić information content (AvgIpc) is 2.72. The van der Waals surface area contributed by atoms with Crippen molar-refractivity contribution in [1.82, 2.24) is 0 Å². The number of aliphatic imine (C=N–C) groups is 1. The molecule has 0 aromatic rings. The number of rotatable bonds is 2. The summed E-state index contributed by atoms with van der Waals surface area (Å²) in [5, 5.41) is 0. The third-order valence-electron chi connectivity index (χ3n) is 4.74. The van der Waals surface area contributed by atoms with Crippen LogP contribution in [0.2, 0.25) is 0 Å². The molecule has 3 aliphatic rings. The molecule has 3 nitrogen and oxygen atoms in total. The first-order valence-corrected chi connectivity index (χ1v) is 6.99. The number of epoxide rings is 1. The van der Waals surface area contributed by atoms with Gasteiger partial charge >= 0.3 is 0 Å². The summed E-state index contributed by atoms with van der Waals surface area (Å²) in [4.78, 5) is 4.74. The monoisotopic (exact) mass is 237 g/mol. The molecule has 96 valence electrons. The molecule has 2 aliphatic heterocycles. The fraction of sp³-hybridized carbons (Fsp3) is 0.929. The summed E-state index contributed by atoms with van der Waals surface area (Å²) < 4.78 is 11.9. The van der Waals surface area contributed by atoms with Crippen LogP contribution in [0.5, 0.6) is 0 Å². The normalized spacial score (nSPS) is 39.3. The Morgan fingerprint density at radius 2 is 1.94 bits per heavy atom. The highest BCUT2D eigenvalue weighted by atomic mass is 16.7. The fourth-order valence-corrected chi connectivity index (χ4v) is 3.30. The van der Waals surface area contributed by atoms with Crippen LogP contribution in [0.4, 0.5) is 0 Å². The minimum absolute atomic E-state index is 0.0654. The van der Waals surface area contributed by atoms with Crippen molar-refractivity contribution in [3.63, 3.8) is 0 Å². The Hall–Kier alpha value is -0.570. The van der Waals surface area contributed by atoms with Gasteiger partial charge in [-0.25, -0.2) is 4.99 Å². The van der Waals surface area contributed by atoms with E-state index in [2.05, 4.69) is 20.8 Å². The second kappa shape index (κ2) is 3.71. The Morgan fingerprint density at radius 1 is 1.24 bits per heavy atom. The molecule has 2 heterocycles. The first-order chi connectivity index (χ1) is 8.07. The van der Waals surface area contributed by atoms with Crippen molar-refractivity contribution in [2.75, 3.05) is 6.61 Å². The van der Waals surface area contributed by atoms with Gasteiger partial charge in [-0.15, -0.1) is 0 Å². The van der Waals surface area contributed by atoms with Crippen molar-refractivity contribution in [2.45, 2.75) is 70.1 Å². The van der Waals surface area contributed by atoms with E-state index in [1.54, 1.807) is 0 Å². The van der Waals surface area contributed by atoms with Gasteiger partial charge in [0.05, 0.1) is 6.04 Å². The topological polar surface area (TPSA) is 34.1 Å². The van der Waals surface area contributed by atoms with Gasteiger partial charge in [0.2, 0.25) is 5.90 Å². The summed E-state index contributed by atoms with van der Waals surface area (Å²) in [6, 6.07) is 0.326. The van der Waals surface area contributed by atoms with E-state index in [9.17, 15) is 0 Å². The summed E-state index contributed by atoms with van der Waals surface area (Å²) in [6.07, 6.45) is 6.28. The van der Waals surface area contributed by atoms with Gasteiger partial charge in [-0.05, 0) is 25.7 Å². The predicted molar refractivity (Wildman–Crippen MR) is 67.3 cm³/mol. The average molecular weight is 237 g/mol. The summed E-state index contributed by atoms with van der Waals surface area (Å²) in [5.41, 5.74) is -0.146. The van der Waals surface area contributed by atoms with E-state index in [0.29, 0.717) is 12.0 Å². The van der Waals surface area contributed by atoms with E-state index < -0.39 is 0 Å². The largest absolute Gasteiger partial charge is 0.477 e. The molecule has 1 saturated carbocycles. The zero-order chi connectivity index (χ0) is 12.1. The van der Waals surface area contributed by atoms with Crippen molar-refractivity contribution in [3.05, 3.63) is 0 Å². The van der Waals surface area contributed by atoms with Crippen LogP contribution in [-0.4, -0.2) is 29.7 Å². The number of ether oxygens (including phenoxy) is 2.